The molecule has 1 N–H and O–H groups in total. The van der Waals surface area contributed by atoms with Gasteiger partial charge in [0.05, 0.1) is 6.61 Å². The Hall–Kier alpha value is -4.74. The number of rotatable bonds is 70. The van der Waals surface area contributed by atoms with Crippen molar-refractivity contribution in [3.63, 3.8) is 0 Å². The van der Waals surface area contributed by atoms with Gasteiger partial charge in [0.25, 0.3) is 0 Å². The molecule has 5 heteroatoms. The third-order valence-electron chi connectivity index (χ3n) is 16.5. The van der Waals surface area contributed by atoms with Crippen molar-refractivity contribution in [3.05, 3.63) is 170 Å². The summed E-state index contributed by atoms with van der Waals surface area (Å²) in [4.78, 5) is 24.7. The average Bonchev–Trinajstić information content (AvgIpc) is 3.64. The Balaban J connectivity index is 3.53. The summed E-state index contributed by atoms with van der Waals surface area (Å²) in [5, 5.41) is 9.72. The summed E-state index contributed by atoms with van der Waals surface area (Å²) in [7, 11) is 0. The normalized spacial score (nSPS) is 13.2. The molecular formula is C87H144O5. The van der Waals surface area contributed by atoms with E-state index in [2.05, 4.69) is 184 Å². The Kier molecular flexibility index (Phi) is 76.3. The molecule has 0 radical (unpaired) electrons. The summed E-state index contributed by atoms with van der Waals surface area (Å²) in [5.41, 5.74) is 0. The number of hydrogen-bond donors (Lipinski definition) is 1. The van der Waals surface area contributed by atoms with Gasteiger partial charge in [-0.25, -0.2) is 0 Å². The highest BCUT2D eigenvalue weighted by molar-refractivity contribution is 5.70. The van der Waals surface area contributed by atoms with E-state index in [1.807, 2.05) is 0 Å². The molecule has 0 rings (SSSR count). The number of allylic oxidation sites excluding steroid dienone is 28. The van der Waals surface area contributed by atoms with Crippen molar-refractivity contribution >= 4 is 11.9 Å². The summed E-state index contributed by atoms with van der Waals surface area (Å²) >= 11 is 0. The average molecular weight is 1270 g/mol. The van der Waals surface area contributed by atoms with Crippen molar-refractivity contribution in [2.24, 2.45) is 0 Å². The summed E-state index contributed by atoms with van der Waals surface area (Å²) in [6, 6.07) is 0. The van der Waals surface area contributed by atoms with Crippen LogP contribution in [0.5, 0.6) is 0 Å². The van der Waals surface area contributed by atoms with Crippen LogP contribution in [0.1, 0.15) is 348 Å². The van der Waals surface area contributed by atoms with E-state index in [0.717, 1.165) is 128 Å². The number of unbranched alkanes of at least 4 members (excludes halogenated alkanes) is 34. The van der Waals surface area contributed by atoms with Crippen LogP contribution in [0.25, 0.3) is 0 Å². The molecule has 0 aliphatic heterocycles. The summed E-state index contributed by atoms with van der Waals surface area (Å²) in [6.45, 7) is 4.03. The molecule has 0 fully saturated rings. The maximum Gasteiger partial charge on any atom is 0.306 e. The fraction of sp³-hybridized carbons (Fsp3) is 0.655. The van der Waals surface area contributed by atoms with E-state index in [-0.39, 0.29) is 25.2 Å². The molecule has 522 valence electrons. The van der Waals surface area contributed by atoms with Gasteiger partial charge in [-0.2, -0.15) is 0 Å². The summed E-state index contributed by atoms with van der Waals surface area (Å²) < 4.78 is 10.8. The lowest BCUT2D eigenvalue weighted by Crippen LogP contribution is -2.28. The van der Waals surface area contributed by atoms with Crippen molar-refractivity contribution in [2.75, 3.05) is 13.2 Å². The first-order valence-electron chi connectivity index (χ1n) is 38.7. The molecule has 1 atom stereocenters. The number of aliphatic hydroxyl groups is 1. The molecule has 0 saturated heterocycles. The van der Waals surface area contributed by atoms with Crippen LogP contribution < -0.4 is 0 Å². The maximum absolute atomic E-state index is 12.4. The molecule has 5 nitrogen and oxygen atoms in total. The highest BCUT2D eigenvalue weighted by atomic mass is 16.6. The van der Waals surface area contributed by atoms with Gasteiger partial charge in [-0.3, -0.25) is 9.59 Å². The van der Waals surface area contributed by atoms with Gasteiger partial charge in [0, 0.05) is 12.8 Å². The van der Waals surface area contributed by atoms with Gasteiger partial charge < -0.3 is 14.6 Å². The Morgan fingerprint density at radius 1 is 0.261 bits per heavy atom. The van der Waals surface area contributed by atoms with Crippen LogP contribution >= 0.6 is 0 Å². The zero-order valence-corrected chi connectivity index (χ0v) is 60.0. The molecule has 0 aromatic rings. The van der Waals surface area contributed by atoms with E-state index < -0.39 is 6.10 Å². The van der Waals surface area contributed by atoms with Gasteiger partial charge in [-0.1, -0.05) is 370 Å². The molecule has 0 heterocycles. The highest BCUT2D eigenvalue weighted by Gasteiger charge is 2.16. The largest absolute Gasteiger partial charge is 0.462 e. The summed E-state index contributed by atoms with van der Waals surface area (Å²) in [5.74, 6) is -0.601. The zero-order valence-electron chi connectivity index (χ0n) is 60.0. The first-order valence-corrected chi connectivity index (χ1v) is 38.7. The predicted molar refractivity (Wildman–Crippen MR) is 407 cm³/mol. The SMILES string of the molecule is CC/C=C\C/C=C\C/C=C\C/C=C\C/C=C\C/C=C\C/C=C\C/C=C\C/C=C\C/C=C\C/C=C\CCCCCCCCCC(=O)OC(CO)COC(=O)CCCCCCCCCCCCCCCCCCCCCCCC/C=C\C/C=C\C/C=C\CCCCCCC. The van der Waals surface area contributed by atoms with Crippen molar-refractivity contribution in [1.29, 1.82) is 0 Å². The fourth-order valence-electron chi connectivity index (χ4n) is 10.7. The Labute approximate surface area is 570 Å². The van der Waals surface area contributed by atoms with Crippen LogP contribution in [0, 0.1) is 0 Å². The molecule has 1 unspecified atom stereocenters. The molecule has 92 heavy (non-hydrogen) atoms. The lowest BCUT2D eigenvalue weighted by molar-refractivity contribution is -0.161. The molecule has 0 aromatic carbocycles. The quantitative estimate of drug-likeness (QED) is 0.0373. The zero-order chi connectivity index (χ0) is 66.1. The third kappa shape index (κ3) is 77.7. The van der Waals surface area contributed by atoms with Gasteiger partial charge in [0.1, 0.15) is 6.61 Å². The first kappa shape index (κ1) is 87.3. The lowest BCUT2D eigenvalue weighted by Gasteiger charge is -2.15. The lowest BCUT2D eigenvalue weighted by atomic mass is 10.0. The van der Waals surface area contributed by atoms with Gasteiger partial charge in [0.2, 0.25) is 0 Å². The van der Waals surface area contributed by atoms with Crippen molar-refractivity contribution in [3.8, 4) is 0 Å². The number of carbonyl (C=O) groups excluding carboxylic acids is 2. The van der Waals surface area contributed by atoms with E-state index in [1.54, 1.807) is 0 Å². The van der Waals surface area contributed by atoms with E-state index >= 15 is 0 Å². The molecule has 0 aromatic heterocycles. The molecule has 0 amide bonds. The minimum Gasteiger partial charge on any atom is -0.462 e. The Bertz CT molecular complexity index is 1980. The van der Waals surface area contributed by atoms with Crippen LogP contribution in [0.3, 0.4) is 0 Å². The number of carbonyl (C=O) groups is 2. The molecule has 0 saturated carbocycles. The number of hydrogen-bond acceptors (Lipinski definition) is 5. The molecule has 0 aliphatic rings. The topological polar surface area (TPSA) is 72.8 Å². The smallest absolute Gasteiger partial charge is 0.306 e. The van der Waals surface area contributed by atoms with Crippen LogP contribution in [-0.2, 0) is 19.1 Å². The van der Waals surface area contributed by atoms with Gasteiger partial charge >= 0.3 is 11.9 Å². The molecule has 0 aliphatic carbocycles. The molecule has 0 spiro atoms. The molecular weight excluding hydrogens is 1120 g/mol. The minimum absolute atomic E-state index is 0.0764. The molecule has 0 bridgehead atoms. The minimum atomic E-state index is -0.790. The van der Waals surface area contributed by atoms with Gasteiger partial charge in [-0.15, -0.1) is 0 Å². The Morgan fingerprint density at radius 3 is 0.707 bits per heavy atom. The van der Waals surface area contributed by atoms with Crippen molar-refractivity contribution in [1.82, 2.24) is 0 Å². The number of esters is 2. The predicted octanol–water partition coefficient (Wildman–Crippen LogP) is 27.5. The van der Waals surface area contributed by atoms with Crippen LogP contribution in [-0.4, -0.2) is 36.4 Å². The second kappa shape index (κ2) is 80.5. The second-order valence-electron chi connectivity index (χ2n) is 25.3. The van der Waals surface area contributed by atoms with E-state index in [4.69, 9.17) is 9.47 Å². The fourth-order valence-corrected chi connectivity index (χ4v) is 10.7. The van der Waals surface area contributed by atoms with E-state index in [1.165, 1.54) is 193 Å². The monoisotopic (exact) mass is 1270 g/mol. The number of ether oxygens (including phenoxy) is 2. The Morgan fingerprint density at radius 2 is 0.467 bits per heavy atom. The highest BCUT2D eigenvalue weighted by Crippen LogP contribution is 2.17. The van der Waals surface area contributed by atoms with E-state index in [0.29, 0.717) is 12.8 Å². The third-order valence-corrected chi connectivity index (χ3v) is 16.5. The van der Waals surface area contributed by atoms with Crippen LogP contribution in [0.4, 0.5) is 0 Å². The van der Waals surface area contributed by atoms with Gasteiger partial charge in [0.15, 0.2) is 6.10 Å². The van der Waals surface area contributed by atoms with Crippen molar-refractivity contribution < 1.29 is 24.2 Å². The maximum atomic E-state index is 12.4. The number of aliphatic hydroxyl groups excluding tert-OH is 1. The van der Waals surface area contributed by atoms with Crippen molar-refractivity contribution in [2.45, 2.75) is 354 Å². The second-order valence-corrected chi connectivity index (χ2v) is 25.3. The van der Waals surface area contributed by atoms with Crippen LogP contribution in [0.2, 0.25) is 0 Å². The van der Waals surface area contributed by atoms with E-state index in [9.17, 15) is 14.7 Å². The summed E-state index contributed by atoms with van der Waals surface area (Å²) in [6.07, 6.45) is 124. The van der Waals surface area contributed by atoms with Crippen LogP contribution in [0.15, 0.2) is 170 Å². The van der Waals surface area contributed by atoms with Gasteiger partial charge in [-0.05, 0) is 135 Å². The first-order chi connectivity index (χ1) is 45.6. The standard InChI is InChI=1S/C87H144O5/c1-3-5-7-9-11-13-15-17-19-21-23-25-27-29-31-33-35-37-39-41-42-43-44-46-48-50-52-54-56-58-60-62-64-66-68-70-72-74-76-78-80-82-87(90)92-85(83-88)84-91-86(89)81-79-77-75-73-71-69-67-65-63-61-59-57-55-53-51-49-47-45-40-38-36-34-32-30-28-26-24-22-20-18-16-14-12-10-8-6-4-2/h5,7,11,13,16-19,22-25,28-31,35,37,41-42,44,46,50,52,56,58,62,64,85,88H,3-4,6,8-10,12,14-15,20-21,26-27,32-34,36,38-40,43,45,47-49,51,53-55,57,59-61,63,65-84H2,1-2H3/b7-5-,13-11-,18-16-,19-17-,24-22-,25-23-,30-28-,31-29-,37-35-,42-41-,46-44-,52-50-,58-56-,64-62-.